The first kappa shape index (κ1) is 16.1. The van der Waals surface area contributed by atoms with Crippen LogP contribution >= 0.6 is 22.6 Å². The molecule has 0 aliphatic carbocycles. The van der Waals surface area contributed by atoms with Crippen LogP contribution in [0.1, 0.15) is 11.1 Å². The average Bonchev–Trinajstić information content (AvgIpc) is 2.45. The third-order valence-corrected chi connectivity index (χ3v) is 3.87. The molecular weight excluding hydrogens is 377 g/mol. The van der Waals surface area contributed by atoms with Crippen molar-refractivity contribution in [2.24, 2.45) is 0 Å². The molecule has 2 aromatic carbocycles. The number of aryl methyl sites for hydroxylation is 2. The second kappa shape index (κ2) is 7.66. The summed E-state index contributed by atoms with van der Waals surface area (Å²) in [5.74, 6) is 0.866. The molecule has 4 heteroatoms. The van der Waals surface area contributed by atoms with Crippen LogP contribution in [0.5, 0.6) is 5.75 Å². The number of halogens is 1. The number of para-hydroxylation sites is 1. The first-order valence-electron chi connectivity index (χ1n) is 6.93. The van der Waals surface area contributed by atoms with Crippen molar-refractivity contribution >= 4 is 28.3 Å². The minimum absolute atomic E-state index is 0.280. The Morgan fingerprint density at radius 1 is 1.14 bits per heavy atom. The molecular formula is C17H20INO2. The van der Waals surface area contributed by atoms with Crippen LogP contribution in [-0.2, 0) is 0 Å². The van der Waals surface area contributed by atoms with E-state index in [0.717, 1.165) is 22.6 Å². The van der Waals surface area contributed by atoms with Crippen molar-refractivity contribution < 1.29 is 9.84 Å². The van der Waals surface area contributed by atoms with Crippen LogP contribution in [-0.4, -0.2) is 24.4 Å². The maximum Gasteiger partial charge on any atom is 0.125 e. The highest BCUT2D eigenvalue weighted by Crippen LogP contribution is 2.22. The van der Waals surface area contributed by atoms with Crippen molar-refractivity contribution in [3.63, 3.8) is 0 Å². The van der Waals surface area contributed by atoms with Gasteiger partial charge >= 0.3 is 0 Å². The number of rotatable bonds is 6. The van der Waals surface area contributed by atoms with E-state index in [2.05, 4.69) is 27.9 Å². The van der Waals surface area contributed by atoms with Gasteiger partial charge in [-0.15, -0.1) is 0 Å². The second-order valence-corrected chi connectivity index (χ2v) is 6.32. The Morgan fingerprint density at radius 3 is 2.48 bits per heavy atom. The van der Waals surface area contributed by atoms with Crippen LogP contribution in [0.15, 0.2) is 42.5 Å². The Kier molecular flexibility index (Phi) is 5.87. The highest BCUT2D eigenvalue weighted by molar-refractivity contribution is 14.1. The zero-order valence-corrected chi connectivity index (χ0v) is 14.4. The molecule has 0 aliphatic heterocycles. The molecule has 21 heavy (non-hydrogen) atoms. The van der Waals surface area contributed by atoms with Gasteiger partial charge in [0.1, 0.15) is 18.5 Å². The van der Waals surface area contributed by atoms with Gasteiger partial charge in [-0.05, 0) is 65.8 Å². The summed E-state index contributed by atoms with van der Waals surface area (Å²) in [6, 6.07) is 14.1. The van der Waals surface area contributed by atoms with E-state index < -0.39 is 6.10 Å². The molecule has 2 N–H and O–H groups in total. The Labute approximate surface area is 139 Å². The smallest absolute Gasteiger partial charge is 0.125 e. The lowest BCUT2D eigenvalue weighted by Gasteiger charge is -2.16. The average molecular weight is 397 g/mol. The normalized spacial score (nSPS) is 12.0. The van der Waals surface area contributed by atoms with Gasteiger partial charge in [0.25, 0.3) is 0 Å². The van der Waals surface area contributed by atoms with E-state index >= 15 is 0 Å². The van der Waals surface area contributed by atoms with E-state index in [1.807, 2.05) is 56.3 Å². The molecule has 0 aliphatic rings. The zero-order valence-electron chi connectivity index (χ0n) is 12.3. The number of hydrogen-bond donors (Lipinski definition) is 2. The third-order valence-electron chi connectivity index (χ3n) is 3.20. The van der Waals surface area contributed by atoms with Gasteiger partial charge in [-0.25, -0.2) is 0 Å². The van der Waals surface area contributed by atoms with E-state index in [9.17, 15) is 5.11 Å². The van der Waals surface area contributed by atoms with Gasteiger partial charge < -0.3 is 15.2 Å². The first-order chi connectivity index (χ1) is 10.1. The maximum absolute atomic E-state index is 10.0. The number of benzene rings is 2. The van der Waals surface area contributed by atoms with Crippen molar-refractivity contribution in [1.82, 2.24) is 0 Å². The number of nitrogens with one attached hydrogen (secondary N) is 1. The van der Waals surface area contributed by atoms with E-state index in [4.69, 9.17) is 4.74 Å². The summed E-state index contributed by atoms with van der Waals surface area (Å²) in [4.78, 5) is 0. The predicted octanol–water partition coefficient (Wildman–Crippen LogP) is 3.76. The fourth-order valence-electron chi connectivity index (χ4n) is 2.10. The molecule has 0 spiro atoms. The summed E-state index contributed by atoms with van der Waals surface area (Å²) in [6.45, 7) is 4.77. The third kappa shape index (κ3) is 4.89. The highest BCUT2D eigenvalue weighted by atomic mass is 127. The fourth-order valence-corrected chi connectivity index (χ4v) is 2.64. The van der Waals surface area contributed by atoms with E-state index in [-0.39, 0.29) is 6.61 Å². The Balaban J connectivity index is 1.84. The van der Waals surface area contributed by atoms with E-state index in [1.165, 1.54) is 3.57 Å². The van der Waals surface area contributed by atoms with Gasteiger partial charge in [0.05, 0.1) is 0 Å². The number of ether oxygens (including phenoxy) is 1. The van der Waals surface area contributed by atoms with E-state index in [0.29, 0.717) is 6.54 Å². The van der Waals surface area contributed by atoms with Crippen molar-refractivity contribution in [1.29, 1.82) is 0 Å². The fraction of sp³-hybridized carbons (Fsp3) is 0.294. The molecule has 1 unspecified atom stereocenters. The summed E-state index contributed by atoms with van der Waals surface area (Å²) in [7, 11) is 0. The number of hydrogen-bond acceptors (Lipinski definition) is 3. The summed E-state index contributed by atoms with van der Waals surface area (Å²) in [5, 5.41) is 13.2. The van der Waals surface area contributed by atoms with Crippen LogP contribution in [0, 0.1) is 17.4 Å². The molecule has 0 heterocycles. The lowest BCUT2D eigenvalue weighted by molar-refractivity contribution is 0.117. The molecule has 0 saturated heterocycles. The lowest BCUT2D eigenvalue weighted by Crippen LogP contribution is -2.26. The highest BCUT2D eigenvalue weighted by Gasteiger charge is 2.08. The van der Waals surface area contributed by atoms with E-state index in [1.54, 1.807) is 0 Å². The summed E-state index contributed by atoms with van der Waals surface area (Å²) < 4.78 is 6.92. The minimum atomic E-state index is -0.554. The van der Waals surface area contributed by atoms with Gasteiger partial charge in [0.15, 0.2) is 0 Å². The summed E-state index contributed by atoms with van der Waals surface area (Å²) in [6.07, 6.45) is -0.554. The molecule has 1 atom stereocenters. The molecule has 0 bridgehead atoms. The molecule has 0 fully saturated rings. The number of aliphatic hydroxyl groups is 1. The monoisotopic (exact) mass is 397 g/mol. The van der Waals surface area contributed by atoms with Crippen molar-refractivity contribution in [2.45, 2.75) is 20.0 Å². The molecule has 2 aromatic rings. The van der Waals surface area contributed by atoms with Crippen molar-refractivity contribution in [2.75, 3.05) is 18.5 Å². The number of anilines is 1. The molecule has 2 rings (SSSR count). The molecule has 112 valence electrons. The first-order valence-corrected chi connectivity index (χ1v) is 8.00. The maximum atomic E-state index is 10.0. The summed E-state index contributed by atoms with van der Waals surface area (Å²) >= 11 is 2.27. The Morgan fingerprint density at radius 2 is 1.81 bits per heavy atom. The second-order valence-electron chi connectivity index (χ2n) is 5.08. The van der Waals surface area contributed by atoms with Gasteiger partial charge in [0.2, 0.25) is 0 Å². The Hall–Kier alpha value is -1.27. The number of aliphatic hydroxyl groups excluding tert-OH is 1. The lowest BCUT2D eigenvalue weighted by atomic mass is 10.1. The predicted molar refractivity (Wildman–Crippen MR) is 95.1 cm³/mol. The van der Waals surface area contributed by atoms with Crippen LogP contribution in [0.2, 0.25) is 0 Å². The molecule has 0 saturated carbocycles. The molecule has 3 nitrogen and oxygen atoms in total. The molecule has 0 aromatic heterocycles. The van der Waals surface area contributed by atoms with Crippen molar-refractivity contribution in [3.05, 3.63) is 57.2 Å². The van der Waals surface area contributed by atoms with Gasteiger partial charge in [-0.1, -0.05) is 24.3 Å². The standard InChI is InChI=1S/C17H20INO2/c1-12-5-3-6-13(2)17(12)21-11-16(20)10-19-15-8-4-7-14(18)9-15/h3-9,16,19-20H,10-11H2,1-2H3. The topological polar surface area (TPSA) is 41.5 Å². The minimum Gasteiger partial charge on any atom is -0.490 e. The van der Waals surface area contributed by atoms with Crippen molar-refractivity contribution in [3.8, 4) is 5.75 Å². The largest absolute Gasteiger partial charge is 0.490 e. The quantitative estimate of drug-likeness (QED) is 0.730. The summed E-state index contributed by atoms with van der Waals surface area (Å²) in [5.41, 5.74) is 3.19. The van der Waals surface area contributed by atoms with Crippen LogP contribution in [0.4, 0.5) is 5.69 Å². The van der Waals surface area contributed by atoms with Gasteiger partial charge in [0, 0.05) is 15.8 Å². The van der Waals surface area contributed by atoms with Gasteiger partial charge in [-0.2, -0.15) is 0 Å². The van der Waals surface area contributed by atoms with Crippen LogP contribution < -0.4 is 10.1 Å². The Bertz CT molecular complexity index is 581. The zero-order chi connectivity index (χ0) is 15.2. The van der Waals surface area contributed by atoms with Gasteiger partial charge in [-0.3, -0.25) is 0 Å². The van der Waals surface area contributed by atoms with Crippen LogP contribution in [0.3, 0.4) is 0 Å². The molecule has 0 radical (unpaired) electrons. The molecule has 0 amide bonds. The van der Waals surface area contributed by atoms with Crippen LogP contribution in [0.25, 0.3) is 0 Å². The SMILES string of the molecule is Cc1cccc(C)c1OCC(O)CNc1cccc(I)c1.